The van der Waals surface area contributed by atoms with Crippen molar-refractivity contribution in [3.63, 3.8) is 0 Å². The maximum Gasteiger partial charge on any atom is 0.303 e. The van der Waals surface area contributed by atoms with Crippen LogP contribution in [0.1, 0.15) is 64.0 Å². The Morgan fingerprint density at radius 1 is 0.807 bits per heavy atom. The smallest absolute Gasteiger partial charge is 0.303 e. The van der Waals surface area contributed by atoms with Gasteiger partial charge in [-0.3, -0.25) is 48.1 Å². The van der Waals surface area contributed by atoms with Gasteiger partial charge in [-0.25, -0.2) is 0 Å². The first-order chi connectivity index (χ1) is 38.6. The zero-order chi connectivity index (χ0) is 59.2. The SMILES string of the molecule is [CH2-]C(=O)NCCN(CCNC([CH2-])=O)CC(=O)N[C@@H](Cc1c[nH]c2ccccc12)C(=O)N[C@@H](CCC(=O)O)C(=O)N[C@H]1CSSC[C@@H](C)NC(=O)[C@H](CC(C)C)NC(=O)CNC(=O)[C@H](Cc2ccc(O)cc2)NC(=O)[C@@H]2CCCN2C1=O.[Gd].[Gd]. The number of benzene rings is 2. The van der Waals surface area contributed by atoms with Crippen LogP contribution in [0.2, 0.25) is 0 Å². The quantitative estimate of drug-likeness (QED) is 0.0433. The van der Waals surface area contributed by atoms with Crippen molar-refractivity contribution in [2.24, 2.45) is 5.92 Å². The van der Waals surface area contributed by atoms with Crippen LogP contribution in [-0.4, -0.2) is 190 Å². The van der Waals surface area contributed by atoms with Crippen molar-refractivity contribution in [1.82, 2.24) is 62.6 Å². The Labute approximate surface area is 554 Å². The minimum Gasteiger partial charge on any atom is -0.508 e. The molecule has 2 fully saturated rings. The first kappa shape index (κ1) is 72.3. The van der Waals surface area contributed by atoms with Crippen LogP contribution in [0.5, 0.6) is 5.75 Å². The van der Waals surface area contributed by atoms with Crippen molar-refractivity contribution in [1.29, 1.82) is 0 Å². The van der Waals surface area contributed by atoms with Gasteiger partial charge in [0.15, 0.2) is 0 Å². The number of carbonyl (C=O) groups is 11. The molecular formula is C54H74Gd2N12O13S2-2. The first-order valence-electron chi connectivity index (χ1n) is 26.7. The molecule has 0 bridgehead atoms. The fourth-order valence-electron chi connectivity index (χ4n) is 9.14. The predicted octanol–water partition coefficient (Wildman–Crippen LogP) is -0.797. The molecule has 10 amide bonds. The number of hydrogen-bond acceptors (Lipinski definition) is 15. The van der Waals surface area contributed by atoms with E-state index in [-0.39, 0.29) is 162 Å². The van der Waals surface area contributed by atoms with Gasteiger partial charge in [-0.05, 0) is 67.9 Å². The van der Waals surface area contributed by atoms with Crippen molar-refractivity contribution in [2.75, 3.05) is 57.3 Å². The summed E-state index contributed by atoms with van der Waals surface area (Å²) in [5.41, 5.74) is 1.88. The second-order valence-electron chi connectivity index (χ2n) is 20.3. The van der Waals surface area contributed by atoms with E-state index in [4.69, 9.17) is 0 Å². The van der Waals surface area contributed by atoms with E-state index in [0.717, 1.165) is 10.9 Å². The molecule has 0 saturated carbocycles. The summed E-state index contributed by atoms with van der Waals surface area (Å²) >= 11 is 0. The number of aromatic amines is 1. The summed E-state index contributed by atoms with van der Waals surface area (Å²) in [5, 5.41) is 44.6. The van der Waals surface area contributed by atoms with E-state index < -0.39 is 127 Å². The largest absolute Gasteiger partial charge is 0.508 e. The average molecular weight is 1480 g/mol. The molecule has 0 radical (unpaired) electrons. The summed E-state index contributed by atoms with van der Waals surface area (Å²) < 4.78 is 0. The van der Waals surface area contributed by atoms with Crippen molar-refractivity contribution in [2.45, 2.75) is 108 Å². The predicted molar refractivity (Wildman–Crippen MR) is 303 cm³/mol. The second kappa shape index (κ2) is 36.8. The number of hydrogen-bond donors (Lipinski definition) is 12. The van der Waals surface area contributed by atoms with Crippen molar-refractivity contribution in [3.05, 3.63) is 79.7 Å². The van der Waals surface area contributed by atoms with E-state index in [1.165, 1.54) is 38.6 Å². The van der Waals surface area contributed by atoms with Gasteiger partial charge >= 0.3 is 5.97 Å². The number of aromatic hydroxyl groups is 1. The van der Waals surface area contributed by atoms with Crippen LogP contribution in [0.3, 0.4) is 0 Å². The van der Waals surface area contributed by atoms with Gasteiger partial charge in [0.25, 0.3) is 0 Å². The van der Waals surface area contributed by atoms with Crippen LogP contribution in [0, 0.1) is 99.6 Å². The molecule has 2 aliphatic heterocycles. The number of para-hydroxylation sites is 1. The summed E-state index contributed by atoms with van der Waals surface area (Å²) in [6, 6.07) is 4.92. The topological polar surface area (TPSA) is 359 Å². The zero-order valence-corrected chi connectivity index (χ0v) is 52.5. The number of carboxylic acids is 1. The zero-order valence-electron chi connectivity index (χ0n) is 46.3. The van der Waals surface area contributed by atoms with Crippen molar-refractivity contribution in [3.8, 4) is 5.75 Å². The number of rotatable bonds is 22. The number of phenols is 1. The van der Waals surface area contributed by atoms with Gasteiger partial charge in [0.05, 0.1) is 24.9 Å². The Bertz CT molecular complexity index is 2700. The molecule has 3 aromatic rings. The molecule has 3 heterocycles. The number of aromatic nitrogens is 1. The number of carbonyl (C=O) groups excluding carboxylic acids is 10. The number of phenolic OH excluding ortho intramolecular Hbond substituents is 1. The molecule has 2 aromatic carbocycles. The average Bonchev–Trinajstić information content (AvgIpc) is 4.16. The van der Waals surface area contributed by atoms with Gasteiger partial charge in [-0.15, -0.1) is 0 Å². The Morgan fingerprint density at radius 2 is 1.47 bits per heavy atom. The van der Waals surface area contributed by atoms with Gasteiger partial charge in [-0.1, -0.05) is 65.8 Å². The van der Waals surface area contributed by atoms with Crippen LogP contribution in [0.4, 0.5) is 0 Å². The standard InChI is InChI=1S/C54H74N12O13S2.2Gd/c1-31(2)23-41-51(76)59-32(3)29-80-81-30-44(54(79)66-20-8-11-45(66)53(78)63-42(49(74)58-27-46(70)60-41)24-35-12-14-37(69)15-13-35)64-50(75)40(16-17-48(72)73)62-52(77)43(25-36-26-57-39-10-7-6-9-38(36)39)61-47(71)28-65(21-18-55-33(4)67)22-19-56-34(5)68;;/h6-7,9-10,12-15,26,31-32,40-45,57,69H,4-5,8,11,16-25,27-30H2,1-3H3,(H,55,67)(H,56,68)(H,58,74)(H,59,76)(H,60,70)(H,61,71)(H,62,77)(H,63,78)(H,64,75)(H,72,73);;/q-2;;/t32-,40+,41+,42+,43+,44+,45+;;/m1../s1. The van der Waals surface area contributed by atoms with E-state index in [1.54, 1.807) is 36.2 Å². The molecule has 29 heteroatoms. The summed E-state index contributed by atoms with van der Waals surface area (Å²) in [5.74, 6) is -8.03. The fraction of sp³-hybridized carbons (Fsp3) is 0.500. The third-order valence-electron chi connectivity index (χ3n) is 13.2. The number of amides is 10. The number of aliphatic carboxylic acids is 1. The molecule has 0 unspecified atom stereocenters. The molecule has 7 atom stereocenters. The van der Waals surface area contributed by atoms with Crippen LogP contribution in [-0.2, 0) is 65.6 Å². The number of nitrogens with one attached hydrogen (secondary N) is 10. The first-order valence-corrected chi connectivity index (χ1v) is 29.1. The Morgan fingerprint density at radius 3 is 2.12 bits per heavy atom. The van der Waals surface area contributed by atoms with E-state index in [9.17, 15) is 63.0 Å². The molecule has 0 aliphatic carbocycles. The number of carboxylic acid groups (broad SMARTS) is 1. The minimum absolute atomic E-state index is 0. The van der Waals surface area contributed by atoms with E-state index in [2.05, 4.69) is 66.7 Å². The van der Waals surface area contributed by atoms with Gasteiger partial charge in [-0.2, -0.15) is 0 Å². The number of fused-ring (bicyclic) bond motifs is 2. The molecule has 5 rings (SSSR count). The maximum atomic E-state index is 14.9. The molecule has 83 heavy (non-hydrogen) atoms. The maximum absolute atomic E-state index is 14.9. The van der Waals surface area contributed by atoms with Gasteiger partial charge < -0.3 is 91.4 Å². The molecule has 0 spiro atoms. The molecule has 1 aromatic heterocycles. The third kappa shape index (κ3) is 24.9. The molecule has 458 valence electrons. The summed E-state index contributed by atoms with van der Waals surface area (Å²) in [7, 11) is 2.43. The summed E-state index contributed by atoms with van der Waals surface area (Å²) in [4.78, 5) is 154. The molecule has 25 nitrogen and oxygen atoms in total. The molecule has 2 aliphatic rings. The monoisotopic (exact) mass is 1480 g/mol. The van der Waals surface area contributed by atoms with E-state index >= 15 is 0 Å². The summed E-state index contributed by atoms with van der Waals surface area (Å²) in [6.07, 6.45) is 1.20. The minimum atomic E-state index is -1.59. The molecule has 12 N–H and O–H groups in total. The number of nitrogens with zero attached hydrogens (tertiary/aromatic N) is 2. The fourth-order valence-corrected chi connectivity index (χ4v) is 11.6. The van der Waals surface area contributed by atoms with Crippen LogP contribution >= 0.6 is 21.6 Å². The summed E-state index contributed by atoms with van der Waals surface area (Å²) in [6.45, 7) is 11.8. The second-order valence-corrected chi connectivity index (χ2v) is 22.8. The Kier molecular flexibility index (Phi) is 32.0. The Hall–Kier alpha value is -5.00. The van der Waals surface area contributed by atoms with E-state index in [1.807, 2.05) is 32.0 Å². The van der Waals surface area contributed by atoms with Crippen LogP contribution < -0.4 is 47.9 Å². The van der Waals surface area contributed by atoms with Crippen LogP contribution in [0.25, 0.3) is 10.9 Å². The Balaban J connectivity index is 0.00000903. The third-order valence-corrected chi connectivity index (χ3v) is 15.8. The van der Waals surface area contributed by atoms with E-state index in [0.29, 0.717) is 23.3 Å². The van der Waals surface area contributed by atoms with Gasteiger partial charge in [0.2, 0.25) is 47.3 Å². The van der Waals surface area contributed by atoms with Crippen molar-refractivity contribution >= 4 is 97.5 Å². The molecular weight excluding hydrogens is 1400 g/mol. The van der Waals surface area contributed by atoms with Crippen LogP contribution in [0.15, 0.2) is 54.7 Å². The van der Waals surface area contributed by atoms with Gasteiger partial charge in [0.1, 0.15) is 42.0 Å². The normalized spacial score (nSPS) is 19.9. The van der Waals surface area contributed by atoms with Gasteiger partial charge in [0, 0.05) is 167 Å². The molecule has 2 saturated heterocycles. The van der Waals surface area contributed by atoms with Crippen molar-refractivity contribution < 1.29 is 143 Å². The number of H-pyrrole nitrogens is 1.